The number of hydrogen-bond donors (Lipinski definition) is 3. The van der Waals surface area contributed by atoms with Gasteiger partial charge >= 0.3 is 16.4 Å². The first-order chi connectivity index (χ1) is 13.8. The summed E-state index contributed by atoms with van der Waals surface area (Å²) in [4.78, 5) is 32.8. The van der Waals surface area contributed by atoms with Crippen molar-refractivity contribution in [3.63, 3.8) is 0 Å². The van der Waals surface area contributed by atoms with Crippen molar-refractivity contribution < 1.29 is 31.7 Å². The molecule has 4 rings (SSSR count). The van der Waals surface area contributed by atoms with Crippen LogP contribution in [0.4, 0.5) is 4.79 Å². The first kappa shape index (κ1) is 19.9. The Hall–Kier alpha value is -2.40. The fraction of sp³-hybridized carbons (Fsp3) is 0.769. The number of carbonyl (C=O) groups is 2. The molecule has 3 N–H and O–H groups in total. The van der Waals surface area contributed by atoms with Crippen LogP contribution in [0.5, 0.6) is 0 Å². The number of rotatable bonds is 7. The van der Waals surface area contributed by atoms with Gasteiger partial charge in [-0.05, 0) is 24.5 Å². The number of piperidine rings is 1. The fourth-order valence-electron chi connectivity index (χ4n) is 3.83. The minimum absolute atomic E-state index is 0.0193. The molecule has 0 aromatic carbocycles. The molecule has 0 spiro atoms. The Morgan fingerprint density at radius 2 is 2.21 bits per heavy atom. The molecule has 2 bridgehead atoms. The summed E-state index contributed by atoms with van der Waals surface area (Å²) in [5.74, 6) is -0.516. The molecule has 0 unspecified atom stereocenters. The molecule has 4 heterocycles. The van der Waals surface area contributed by atoms with Crippen LogP contribution in [0, 0.1) is 0 Å². The number of urea groups is 1. The quantitative estimate of drug-likeness (QED) is 0.309. The molecule has 0 radical (unpaired) electrons. The van der Waals surface area contributed by atoms with Crippen LogP contribution in [0.15, 0.2) is 6.33 Å². The van der Waals surface area contributed by atoms with E-state index < -0.39 is 34.4 Å². The van der Waals surface area contributed by atoms with Crippen molar-refractivity contribution in [2.75, 3.05) is 19.7 Å². The van der Waals surface area contributed by atoms with E-state index in [9.17, 15) is 18.0 Å². The van der Waals surface area contributed by atoms with E-state index in [1.165, 1.54) is 16.0 Å². The largest absolute Gasteiger partial charge is 0.418 e. The van der Waals surface area contributed by atoms with Gasteiger partial charge in [0, 0.05) is 19.1 Å². The number of amides is 3. The zero-order valence-electron chi connectivity index (χ0n) is 15.1. The van der Waals surface area contributed by atoms with Crippen LogP contribution in [-0.4, -0.2) is 92.9 Å². The predicted molar refractivity (Wildman–Crippen MR) is 90.7 cm³/mol. The van der Waals surface area contributed by atoms with Crippen LogP contribution in [0.1, 0.15) is 25.3 Å². The molecule has 160 valence electrons. The van der Waals surface area contributed by atoms with Gasteiger partial charge in [-0.1, -0.05) is 0 Å². The van der Waals surface area contributed by atoms with E-state index in [4.69, 9.17) is 9.39 Å². The van der Waals surface area contributed by atoms with Gasteiger partial charge in [0.05, 0.1) is 18.7 Å². The normalized spacial score (nSPS) is 29.5. The van der Waals surface area contributed by atoms with Crippen LogP contribution in [0.25, 0.3) is 0 Å². The van der Waals surface area contributed by atoms with Crippen molar-refractivity contribution in [2.45, 2.75) is 43.4 Å². The maximum atomic E-state index is 12.4. The number of aromatic nitrogens is 4. The van der Waals surface area contributed by atoms with Gasteiger partial charge in [0.15, 0.2) is 6.33 Å². The highest BCUT2D eigenvalue weighted by Gasteiger charge is 2.49. The van der Waals surface area contributed by atoms with Crippen LogP contribution in [0.2, 0.25) is 0 Å². The van der Waals surface area contributed by atoms with E-state index in [0.29, 0.717) is 30.9 Å². The van der Waals surface area contributed by atoms with Gasteiger partial charge in [0.2, 0.25) is 0 Å². The maximum Gasteiger partial charge on any atom is 0.418 e. The first-order valence-electron chi connectivity index (χ1n) is 8.96. The summed E-state index contributed by atoms with van der Waals surface area (Å²) in [6.45, 7) is 0.968. The number of fused-ring (bicyclic) bond motifs is 2. The summed E-state index contributed by atoms with van der Waals surface area (Å²) in [6, 6.07) is -2.15. The van der Waals surface area contributed by atoms with Gasteiger partial charge in [-0.15, -0.1) is 14.5 Å². The van der Waals surface area contributed by atoms with Crippen LogP contribution in [0.3, 0.4) is 0 Å². The summed E-state index contributed by atoms with van der Waals surface area (Å²) in [7, 11) is -4.83. The zero-order chi connectivity index (χ0) is 20.6. The summed E-state index contributed by atoms with van der Waals surface area (Å²) >= 11 is 0. The Kier molecular flexibility index (Phi) is 5.34. The molecule has 3 fully saturated rings. The van der Waals surface area contributed by atoms with Gasteiger partial charge in [-0.3, -0.25) is 14.2 Å². The van der Waals surface area contributed by atoms with Crippen LogP contribution >= 0.6 is 0 Å². The lowest BCUT2D eigenvalue weighted by Gasteiger charge is -2.29. The van der Waals surface area contributed by atoms with Crippen molar-refractivity contribution in [2.24, 2.45) is 0 Å². The molecule has 1 aromatic rings. The molecule has 15 nitrogen and oxygen atoms in total. The third-order valence-electron chi connectivity index (χ3n) is 5.15. The molecule has 3 aliphatic rings. The second kappa shape index (κ2) is 7.79. The number of hydroxylamine groups is 3. The number of nitrogens with zero attached hydrogens (tertiary/aromatic N) is 6. The predicted octanol–water partition coefficient (Wildman–Crippen LogP) is -2.37. The Morgan fingerprint density at radius 3 is 2.93 bits per heavy atom. The van der Waals surface area contributed by atoms with E-state index in [1.54, 1.807) is 0 Å². The Balaban J connectivity index is 1.25. The Bertz CT molecular complexity index is 865. The number of tetrazole rings is 1. The Morgan fingerprint density at radius 1 is 1.38 bits per heavy atom. The second-order valence-corrected chi connectivity index (χ2v) is 8.04. The van der Waals surface area contributed by atoms with E-state index in [0.717, 1.165) is 0 Å². The molecular weight excluding hydrogens is 412 g/mol. The van der Waals surface area contributed by atoms with Gasteiger partial charge in [-0.2, -0.15) is 18.3 Å². The minimum atomic E-state index is -4.83. The smallest absolute Gasteiger partial charge is 0.309 e. The average molecular weight is 432 g/mol. The third-order valence-corrected chi connectivity index (χ3v) is 5.50. The SMILES string of the molecule is O=C(NOC[C@@H]1C[C@@H](n2ncnn2)CN1)[C@@H]1CC[C@@H]2CN1C(=O)N2OS(=O)(=O)O. The molecule has 3 saturated heterocycles. The molecule has 1 aromatic heterocycles. The zero-order valence-corrected chi connectivity index (χ0v) is 15.9. The van der Waals surface area contributed by atoms with Crippen molar-refractivity contribution in [1.82, 2.24) is 41.0 Å². The summed E-state index contributed by atoms with van der Waals surface area (Å²) in [6.07, 6.45) is 2.70. The standard InChI is InChI=1S/C13H20N8O7S/c22-12(17-27-6-8-3-10(4-14-8)21-16-7-15-18-21)11-2-1-9-5-19(11)13(23)20(9)28-29(24,25)26/h7-11,14H,1-6H2,(H,17,22)(H,24,25,26)/t8-,9+,10+,11-/m0/s1. The summed E-state index contributed by atoms with van der Waals surface area (Å²) in [5.41, 5.74) is 2.35. The Labute approximate surface area is 165 Å². The lowest BCUT2D eigenvalue weighted by atomic mass is 10.0. The van der Waals surface area contributed by atoms with E-state index >= 15 is 0 Å². The lowest BCUT2D eigenvalue weighted by Crippen LogP contribution is -2.50. The van der Waals surface area contributed by atoms with Crippen molar-refractivity contribution >= 4 is 22.3 Å². The number of nitrogens with one attached hydrogen (secondary N) is 2. The molecule has 0 aliphatic carbocycles. The van der Waals surface area contributed by atoms with E-state index in [2.05, 4.69) is 30.5 Å². The molecule has 4 atom stereocenters. The lowest BCUT2D eigenvalue weighted by molar-refractivity contribution is -0.139. The molecule has 3 aliphatic heterocycles. The van der Waals surface area contributed by atoms with E-state index in [1.807, 2.05) is 0 Å². The summed E-state index contributed by atoms with van der Waals surface area (Å²) in [5, 5.41) is 15.4. The van der Waals surface area contributed by atoms with Crippen molar-refractivity contribution in [1.29, 1.82) is 0 Å². The average Bonchev–Trinajstić information content (AvgIpc) is 3.39. The van der Waals surface area contributed by atoms with Gasteiger partial charge < -0.3 is 10.2 Å². The maximum absolute atomic E-state index is 12.4. The molecule has 3 amide bonds. The van der Waals surface area contributed by atoms with Gasteiger partial charge in [-0.25, -0.2) is 10.3 Å². The first-order valence-corrected chi connectivity index (χ1v) is 10.3. The minimum Gasteiger partial charge on any atom is -0.309 e. The monoisotopic (exact) mass is 432 g/mol. The molecular formula is C13H20N8O7S. The highest BCUT2D eigenvalue weighted by Crippen LogP contribution is 2.30. The third kappa shape index (κ3) is 4.30. The van der Waals surface area contributed by atoms with Crippen LogP contribution < -0.4 is 10.8 Å². The van der Waals surface area contributed by atoms with Crippen LogP contribution in [-0.2, 0) is 24.3 Å². The van der Waals surface area contributed by atoms with E-state index in [-0.39, 0.29) is 25.2 Å². The highest BCUT2D eigenvalue weighted by molar-refractivity contribution is 7.80. The fourth-order valence-corrected chi connectivity index (χ4v) is 4.22. The van der Waals surface area contributed by atoms with Crippen molar-refractivity contribution in [3.05, 3.63) is 6.33 Å². The second-order valence-electron chi connectivity index (χ2n) is 7.04. The number of hydrogen-bond acceptors (Lipinski definition) is 10. The van der Waals surface area contributed by atoms with Crippen molar-refractivity contribution in [3.8, 4) is 0 Å². The topological polar surface area (TPSA) is 181 Å². The number of carbonyl (C=O) groups excluding carboxylic acids is 2. The summed E-state index contributed by atoms with van der Waals surface area (Å²) < 4.78 is 34.9. The van der Waals surface area contributed by atoms with Gasteiger partial charge in [0.25, 0.3) is 5.91 Å². The molecule has 0 saturated carbocycles. The molecule has 29 heavy (non-hydrogen) atoms. The molecule has 16 heteroatoms. The highest BCUT2D eigenvalue weighted by atomic mass is 32.3. The van der Waals surface area contributed by atoms with Gasteiger partial charge in [0.1, 0.15) is 6.04 Å².